The first-order valence-electron chi connectivity index (χ1n) is 7.86. The Balaban J connectivity index is 1.99. The number of nitriles is 1. The van der Waals surface area contributed by atoms with Gasteiger partial charge in [-0.25, -0.2) is 0 Å². The van der Waals surface area contributed by atoms with Crippen LogP contribution in [0.25, 0.3) is 17.4 Å². The molecule has 0 saturated heterocycles. The summed E-state index contributed by atoms with van der Waals surface area (Å²) >= 11 is 12.1. The molecule has 0 aliphatic heterocycles. The monoisotopic (exact) mass is 412 g/mol. The molecule has 2 aromatic carbocycles. The highest BCUT2D eigenvalue weighted by Gasteiger charge is 2.20. The van der Waals surface area contributed by atoms with Gasteiger partial charge in [-0.15, -0.1) is 0 Å². The second-order valence-corrected chi connectivity index (χ2v) is 6.39. The third kappa shape index (κ3) is 3.81. The summed E-state index contributed by atoms with van der Waals surface area (Å²) in [5, 5.41) is 20.8. The summed E-state index contributed by atoms with van der Waals surface area (Å²) in [5.41, 5.74) is -0.0551. The number of Topliss-reactive ketones (excluding diaryl/α,β-unsaturated/α-hetero) is 1. The van der Waals surface area contributed by atoms with Gasteiger partial charge in [0.05, 0.1) is 26.1 Å². The third-order valence-corrected chi connectivity index (χ3v) is 4.46. The first-order chi connectivity index (χ1) is 13.4. The lowest BCUT2D eigenvalue weighted by Gasteiger charge is -2.04. The Morgan fingerprint density at radius 2 is 1.75 bits per heavy atom. The average molecular weight is 413 g/mol. The summed E-state index contributed by atoms with van der Waals surface area (Å²) in [4.78, 5) is 23.3. The van der Waals surface area contributed by atoms with Crippen molar-refractivity contribution in [2.24, 2.45) is 0 Å². The van der Waals surface area contributed by atoms with Crippen LogP contribution in [-0.4, -0.2) is 10.7 Å². The van der Waals surface area contributed by atoms with Crippen LogP contribution in [0.3, 0.4) is 0 Å². The van der Waals surface area contributed by atoms with E-state index >= 15 is 0 Å². The highest BCUT2D eigenvalue weighted by atomic mass is 35.5. The maximum Gasteiger partial charge on any atom is 0.280 e. The number of nitrogens with zero attached hydrogens (tertiary/aromatic N) is 2. The number of rotatable bonds is 5. The van der Waals surface area contributed by atoms with Crippen LogP contribution >= 0.6 is 23.2 Å². The molecule has 0 fully saturated rings. The van der Waals surface area contributed by atoms with Gasteiger partial charge in [-0.05, 0) is 30.3 Å². The van der Waals surface area contributed by atoms with E-state index in [0.717, 1.165) is 0 Å². The molecule has 1 aromatic heterocycles. The van der Waals surface area contributed by atoms with Crippen LogP contribution in [0.5, 0.6) is 0 Å². The number of carbonyl (C=O) groups excluding carboxylic acids is 1. The topological polar surface area (TPSA) is 97.1 Å². The Kier molecular flexibility index (Phi) is 5.59. The quantitative estimate of drug-likeness (QED) is 0.169. The highest BCUT2D eigenvalue weighted by molar-refractivity contribution is 6.41. The zero-order valence-corrected chi connectivity index (χ0v) is 15.6. The summed E-state index contributed by atoms with van der Waals surface area (Å²) in [5.74, 6) is -0.234. The number of benzene rings is 2. The zero-order valence-electron chi connectivity index (χ0n) is 14.1. The lowest BCUT2D eigenvalue weighted by atomic mass is 10.0. The molecule has 28 heavy (non-hydrogen) atoms. The van der Waals surface area contributed by atoms with Crippen LogP contribution < -0.4 is 0 Å². The SMILES string of the molecule is N#C/C(=C/c1ccc(-c2ccccc2[N+](=O)[O-])o1)C(=O)c1c(Cl)cccc1Cl. The second kappa shape index (κ2) is 8.09. The molecule has 0 aliphatic carbocycles. The molecule has 1 heterocycles. The van der Waals surface area contributed by atoms with Crippen LogP contribution in [0.4, 0.5) is 5.69 Å². The lowest BCUT2D eigenvalue weighted by Crippen LogP contribution is -2.03. The molecule has 0 amide bonds. The van der Waals surface area contributed by atoms with Crippen molar-refractivity contribution in [2.75, 3.05) is 0 Å². The van der Waals surface area contributed by atoms with E-state index in [1.54, 1.807) is 24.3 Å². The fourth-order valence-corrected chi connectivity index (χ4v) is 3.13. The van der Waals surface area contributed by atoms with Crippen LogP contribution in [0.1, 0.15) is 16.1 Å². The van der Waals surface area contributed by atoms with Crippen molar-refractivity contribution in [3.63, 3.8) is 0 Å². The summed E-state index contributed by atoms with van der Waals surface area (Å²) in [6.07, 6.45) is 1.24. The maximum atomic E-state index is 12.7. The fraction of sp³-hybridized carbons (Fsp3) is 0. The smallest absolute Gasteiger partial charge is 0.280 e. The summed E-state index contributed by atoms with van der Waals surface area (Å²) < 4.78 is 5.59. The van der Waals surface area contributed by atoms with Crippen LogP contribution in [0.2, 0.25) is 10.0 Å². The van der Waals surface area contributed by atoms with Crippen molar-refractivity contribution in [1.29, 1.82) is 5.26 Å². The number of ketones is 1. The molecule has 8 heteroatoms. The van der Waals surface area contributed by atoms with E-state index in [1.807, 2.05) is 6.07 Å². The van der Waals surface area contributed by atoms with Gasteiger partial charge in [-0.1, -0.05) is 41.4 Å². The first-order valence-corrected chi connectivity index (χ1v) is 8.62. The second-order valence-electron chi connectivity index (χ2n) is 5.57. The van der Waals surface area contributed by atoms with E-state index < -0.39 is 10.7 Å². The summed E-state index contributed by atoms with van der Waals surface area (Å²) in [6, 6.07) is 15.5. The van der Waals surface area contributed by atoms with E-state index in [2.05, 4.69) is 0 Å². The average Bonchev–Trinajstić information content (AvgIpc) is 3.14. The van der Waals surface area contributed by atoms with Crippen LogP contribution in [0, 0.1) is 21.4 Å². The number of nitro groups is 1. The minimum Gasteiger partial charge on any atom is -0.456 e. The van der Waals surface area contributed by atoms with Crippen LogP contribution in [0.15, 0.2) is 64.6 Å². The Morgan fingerprint density at radius 1 is 1.07 bits per heavy atom. The van der Waals surface area contributed by atoms with Gasteiger partial charge in [-0.3, -0.25) is 14.9 Å². The van der Waals surface area contributed by atoms with Crippen LogP contribution in [-0.2, 0) is 0 Å². The van der Waals surface area contributed by atoms with Gasteiger partial charge in [0.15, 0.2) is 0 Å². The number of hydrogen-bond donors (Lipinski definition) is 0. The van der Waals surface area contributed by atoms with E-state index in [4.69, 9.17) is 27.6 Å². The van der Waals surface area contributed by atoms with Crippen molar-refractivity contribution < 1.29 is 14.1 Å². The Hall–Kier alpha value is -3.40. The number of nitro benzene ring substituents is 1. The van der Waals surface area contributed by atoms with Crippen molar-refractivity contribution in [3.8, 4) is 17.4 Å². The molecular weight excluding hydrogens is 403 g/mol. The molecule has 0 radical (unpaired) electrons. The number of furan rings is 1. The first kappa shape index (κ1) is 19.4. The molecular formula is C20H10Cl2N2O4. The van der Waals surface area contributed by atoms with E-state index in [1.165, 1.54) is 36.4 Å². The standard InChI is InChI=1S/C20H10Cl2N2O4/c21-15-5-3-6-16(22)19(15)20(25)12(11-23)10-13-8-9-18(28-13)14-4-1-2-7-17(14)24(26)27/h1-10H/b12-10-. The van der Waals surface area contributed by atoms with Gasteiger partial charge in [-0.2, -0.15) is 5.26 Å². The van der Waals surface area contributed by atoms with E-state index in [0.29, 0.717) is 0 Å². The van der Waals surface area contributed by atoms with Crippen molar-refractivity contribution in [3.05, 3.63) is 91.7 Å². The van der Waals surface area contributed by atoms with Gasteiger partial charge in [0.1, 0.15) is 23.2 Å². The summed E-state index contributed by atoms with van der Waals surface area (Å²) in [6.45, 7) is 0. The van der Waals surface area contributed by atoms with E-state index in [-0.39, 0.29) is 44.0 Å². The molecule has 138 valence electrons. The highest BCUT2D eigenvalue weighted by Crippen LogP contribution is 2.32. The Labute approximate surface area is 169 Å². The van der Waals surface area contributed by atoms with Gasteiger partial charge in [0.25, 0.3) is 5.69 Å². The molecule has 0 N–H and O–H groups in total. The van der Waals surface area contributed by atoms with Gasteiger partial charge < -0.3 is 4.42 Å². The van der Waals surface area contributed by atoms with E-state index in [9.17, 15) is 20.2 Å². The lowest BCUT2D eigenvalue weighted by molar-refractivity contribution is -0.384. The molecule has 0 atom stereocenters. The number of para-hydroxylation sites is 1. The summed E-state index contributed by atoms with van der Waals surface area (Å²) in [7, 11) is 0. The molecule has 3 rings (SSSR count). The minimum absolute atomic E-state index is 0.0177. The van der Waals surface area contributed by atoms with Gasteiger partial charge in [0.2, 0.25) is 5.78 Å². The number of halogens is 2. The van der Waals surface area contributed by atoms with Crippen molar-refractivity contribution in [2.45, 2.75) is 0 Å². The predicted octanol–water partition coefficient (Wildman–Crippen LogP) is 5.95. The fourth-order valence-electron chi connectivity index (χ4n) is 2.56. The Morgan fingerprint density at radius 3 is 2.39 bits per heavy atom. The molecule has 0 saturated carbocycles. The maximum absolute atomic E-state index is 12.7. The largest absolute Gasteiger partial charge is 0.456 e. The number of carbonyl (C=O) groups is 1. The minimum atomic E-state index is -0.651. The van der Waals surface area contributed by atoms with Crippen molar-refractivity contribution >= 4 is 40.7 Å². The number of allylic oxidation sites excluding steroid dienone is 1. The molecule has 0 spiro atoms. The third-order valence-electron chi connectivity index (χ3n) is 3.83. The normalized spacial score (nSPS) is 11.1. The molecule has 0 unspecified atom stereocenters. The molecule has 3 aromatic rings. The van der Waals surface area contributed by atoms with Gasteiger partial charge in [0, 0.05) is 12.1 Å². The van der Waals surface area contributed by atoms with Gasteiger partial charge >= 0.3 is 0 Å². The van der Waals surface area contributed by atoms with Crippen molar-refractivity contribution in [1.82, 2.24) is 0 Å². The Bertz CT molecular complexity index is 1140. The molecule has 0 bridgehead atoms. The molecule has 6 nitrogen and oxygen atoms in total. The zero-order chi connectivity index (χ0) is 20.3. The predicted molar refractivity (Wildman–Crippen MR) is 105 cm³/mol. The number of hydrogen-bond acceptors (Lipinski definition) is 5. The molecule has 0 aliphatic rings.